The van der Waals surface area contributed by atoms with Crippen molar-refractivity contribution in [2.24, 2.45) is 0 Å². The zero-order valence-electron chi connectivity index (χ0n) is 24.8. The van der Waals surface area contributed by atoms with E-state index in [1.807, 2.05) is 0 Å². The van der Waals surface area contributed by atoms with Crippen LogP contribution in [-0.4, -0.2) is 4.57 Å². The lowest BCUT2D eigenvalue weighted by Gasteiger charge is -2.26. The SMILES string of the molecule is Cc1c(-c2ccccc2)cccc1-n1c2ccccc2c2cccc(-c3cc(C(C)(C)C)cc(C(C)(C)C)c3)c21. The van der Waals surface area contributed by atoms with E-state index in [1.54, 1.807) is 0 Å². The average Bonchev–Trinajstić information content (AvgIpc) is 3.27. The van der Waals surface area contributed by atoms with E-state index in [-0.39, 0.29) is 10.8 Å². The van der Waals surface area contributed by atoms with E-state index in [4.69, 9.17) is 0 Å². The van der Waals surface area contributed by atoms with Gasteiger partial charge in [-0.1, -0.05) is 139 Å². The Morgan fingerprint density at radius 2 is 1.07 bits per heavy atom. The van der Waals surface area contributed by atoms with E-state index in [2.05, 4.69) is 162 Å². The topological polar surface area (TPSA) is 4.93 Å². The highest BCUT2D eigenvalue weighted by atomic mass is 15.0. The van der Waals surface area contributed by atoms with Crippen molar-refractivity contribution in [3.8, 4) is 27.9 Å². The molecule has 0 radical (unpaired) electrons. The molecule has 0 aliphatic heterocycles. The summed E-state index contributed by atoms with van der Waals surface area (Å²) in [4.78, 5) is 0. The smallest absolute Gasteiger partial charge is 0.0619 e. The van der Waals surface area contributed by atoms with Gasteiger partial charge in [-0.25, -0.2) is 0 Å². The number of fused-ring (bicyclic) bond motifs is 3. The number of nitrogens with zero attached hydrogens (tertiary/aromatic N) is 1. The summed E-state index contributed by atoms with van der Waals surface area (Å²) < 4.78 is 2.50. The van der Waals surface area contributed by atoms with Gasteiger partial charge in [-0.15, -0.1) is 0 Å². The van der Waals surface area contributed by atoms with Crippen molar-refractivity contribution in [1.82, 2.24) is 4.57 Å². The van der Waals surface area contributed by atoms with E-state index >= 15 is 0 Å². The van der Waals surface area contributed by atoms with Gasteiger partial charge >= 0.3 is 0 Å². The monoisotopic (exact) mass is 521 g/mol. The van der Waals surface area contributed by atoms with Crippen molar-refractivity contribution in [3.05, 3.63) is 126 Å². The van der Waals surface area contributed by atoms with Crippen molar-refractivity contribution in [3.63, 3.8) is 0 Å². The molecule has 0 atom stereocenters. The summed E-state index contributed by atoms with van der Waals surface area (Å²) in [5.41, 5.74) is 12.9. The molecule has 1 aromatic heterocycles. The van der Waals surface area contributed by atoms with Gasteiger partial charge in [0.15, 0.2) is 0 Å². The largest absolute Gasteiger partial charge is 0.308 e. The van der Waals surface area contributed by atoms with E-state index < -0.39 is 0 Å². The molecule has 0 aliphatic rings. The maximum absolute atomic E-state index is 2.50. The Hall–Kier alpha value is -4.10. The summed E-state index contributed by atoms with van der Waals surface area (Å²) in [5, 5.41) is 2.57. The van der Waals surface area contributed by atoms with Crippen molar-refractivity contribution in [2.75, 3.05) is 0 Å². The second-order valence-electron chi connectivity index (χ2n) is 13.2. The van der Waals surface area contributed by atoms with Gasteiger partial charge in [-0.05, 0) is 63.3 Å². The number of hydrogen-bond acceptors (Lipinski definition) is 0. The molecule has 40 heavy (non-hydrogen) atoms. The zero-order chi connectivity index (χ0) is 28.2. The van der Waals surface area contributed by atoms with Gasteiger partial charge in [0.1, 0.15) is 0 Å². The van der Waals surface area contributed by atoms with Crippen LogP contribution in [0.15, 0.2) is 109 Å². The Balaban J connectivity index is 1.72. The van der Waals surface area contributed by atoms with Crippen LogP contribution in [0.2, 0.25) is 0 Å². The Kier molecular flexibility index (Phi) is 6.22. The highest BCUT2D eigenvalue weighted by molar-refractivity contribution is 6.14. The quantitative estimate of drug-likeness (QED) is 0.218. The minimum atomic E-state index is 0.0528. The molecule has 6 aromatic rings. The molecular formula is C39H39N. The highest BCUT2D eigenvalue weighted by Crippen LogP contribution is 2.42. The van der Waals surface area contributed by atoms with Crippen LogP contribution < -0.4 is 0 Å². The Labute approximate surface area is 239 Å². The van der Waals surface area contributed by atoms with Gasteiger partial charge in [0, 0.05) is 22.0 Å². The lowest BCUT2D eigenvalue weighted by molar-refractivity contribution is 0.569. The van der Waals surface area contributed by atoms with Crippen LogP contribution >= 0.6 is 0 Å². The predicted molar refractivity (Wildman–Crippen MR) is 174 cm³/mol. The van der Waals surface area contributed by atoms with Gasteiger partial charge in [-0.2, -0.15) is 0 Å². The molecule has 200 valence electrons. The van der Waals surface area contributed by atoms with Crippen molar-refractivity contribution >= 4 is 21.8 Å². The summed E-state index contributed by atoms with van der Waals surface area (Å²) in [6.07, 6.45) is 0. The molecule has 0 saturated heterocycles. The van der Waals surface area contributed by atoms with Gasteiger partial charge in [0.25, 0.3) is 0 Å². The lowest BCUT2D eigenvalue weighted by Crippen LogP contribution is -2.16. The lowest BCUT2D eigenvalue weighted by atomic mass is 9.79. The van der Waals surface area contributed by atoms with Crippen LogP contribution in [0.1, 0.15) is 58.2 Å². The number of rotatable bonds is 3. The summed E-state index contributed by atoms with van der Waals surface area (Å²) in [7, 11) is 0. The first-order valence-corrected chi connectivity index (χ1v) is 14.4. The Morgan fingerprint density at radius 3 is 1.75 bits per heavy atom. The maximum Gasteiger partial charge on any atom is 0.0619 e. The van der Waals surface area contributed by atoms with E-state index in [0.29, 0.717) is 0 Å². The number of aromatic nitrogens is 1. The zero-order valence-corrected chi connectivity index (χ0v) is 24.8. The standard InChI is InChI=1S/C39H39N/c1-26-31(27-15-9-8-10-16-27)18-14-22-35(26)40-36-21-12-11-17-33(36)34-20-13-19-32(37(34)40)28-23-29(38(2,3)4)25-30(24-28)39(5,6)7/h8-25H,1-7H3. The third kappa shape index (κ3) is 4.44. The minimum absolute atomic E-state index is 0.0528. The normalized spacial score (nSPS) is 12.4. The van der Waals surface area contributed by atoms with E-state index in [9.17, 15) is 0 Å². The molecule has 1 nitrogen and oxygen atoms in total. The van der Waals surface area contributed by atoms with Gasteiger partial charge in [0.05, 0.1) is 11.0 Å². The summed E-state index contributed by atoms with van der Waals surface area (Å²) in [5.74, 6) is 0. The van der Waals surface area contributed by atoms with Gasteiger partial charge < -0.3 is 4.57 Å². The second kappa shape index (κ2) is 9.52. The molecule has 0 spiro atoms. The van der Waals surface area contributed by atoms with Gasteiger partial charge in [-0.3, -0.25) is 0 Å². The number of benzene rings is 5. The molecule has 5 aromatic carbocycles. The molecule has 0 fully saturated rings. The minimum Gasteiger partial charge on any atom is -0.308 e. The Bertz CT molecular complexity index is 1820. The van der Waals surface area contributed by atoms with Crippen LogP contribution in [0.5, 0.6) is 0 Å². The fourth-order valence-electron chi connectivity index (χ4n) is 5.95. The third-order valence-corrected chi connectivity index (χ3v) is 8.30. The van der Waals surface area contributed by atoms with Crippen LogP contribution in [-0.2, 0) is 10.8 Å². The molecular weight excluding hydrogens is 482 g/mol. The fourth-order valence-corrected chi connectivity index (χ4v) is 5.95. The van der Waals surface area contributed by atoms with Crippen molar-refractivity contribution < 1.29 is 0 Å². The summed E-state index contributed by atoms with van der Waals surface area (Å²) in [6, 6.07) is 40.3. The molecule has 0 aliphatic carbocycles. The first kappa shape index (κ1) is 26.1. The first-order chi connectivity index (χ1) is 19.0. The summed E-state index contributed by atoms with van der Waals surface area (Å²) >= 11 is 0. The van der Waals surface area contributed by atoms with Crippen LogP contribution in [0, 0.1) is 6.92 Å². The predicted octanol–water partition coefficient (Wildman–Crippen LogP) is 11.0. The molecule has 0 bridgehead atoms. The molecule has 1 heterocycles. The molecule has 0 saturated carbocycles. The van der Waals surface area contributed by atoms with Gasteiger partial charge in [0.2, 0.25) is 0 Å². The molecule has 0 amide bonds. The van der Waals surface area contributed by atoms with Crippen LogP contribution in [0.3, 0.4) is 0 Å². The third-order valence-electron chi connectivity index (χ3n) is 8.30. The number of hydrogen-bond donors (Lipinski definition) is 0. The van der Waals surface area contributed by atoms with Crippen molar-refractivity contribution in [2.45, 2.75) is 59.3 Å². The Morgan fingerprint density at radius 1 is 0.500 bits per heavy atom. The molecule has 6 rings (SSSR count). The first-order valence-electron chi connectivity index (χ1n) is 14.4. The maximum atomic E-state index is 2.50. The molecule has 1 heteroatoms. The number of para-hydroxylation sites is 2. The summed E-state index contributed by atoms with van der Waals surface area (Å²) in [6.45, 7) is 16.1. The van der Waals surface area contributed by atoms with Crippen LogP contribution in [0.4, 0.5) is 0 Å². The van der Waals surface area contributed by atoms with Crippen molar-refractivity contribution in [1.29, 1.82) is 0 Å². The average molecular weight is 522 g/mol. The van der Waals surface area contributed by atoms with E-state index in [1.165, 1.54) is 66.4 Å². The molecule has 0 N–H and O–H groups in total. The van der Waals surface area contributed by atoms with E-state index in [0.717, 1.165) is 0 Å². The van der Waals surface area contributed by atoms with Crippen LogP contribution in [0.25, 0.3) is 49.7 Å². The molecule has 0 unspecified atom stereocenters. The highest BCUT2D eigenvalue weighted by Gasteiger charge is 2.23. The fraction of sp³-hybridized carbons (Fsp3) is 0.231. The second-order valence-corrected chi connectivity index (χ2v) is 13.2.